The summed E-state index contributed by atoms with van der Waals surface area (Å²) >= 11 is 0. The standard InChI is InChI=1S/C15H19NO3/c1-15(2)14(18)13(16-9-5-8-12(16)17)10-6-3-4-7-11(10)19-15/h3-4,6-7,13-14,18H,5,8-9H2,1-2H3. The number of carbonyl (C=O) groups excluding carboxylic acids is 1. The van der Waals surface area contributed by atoms with Crippen LogP contribution < -0.4 is 4.74 Å². The number of aliphatic hydroxyl groups is 1. The Kier molecular flexibility index (Phi) is 2.78. The molecule has 0 aliphatic carbocycles. The Morgan fingerprint density at radius 1 is 1.37 bits per heavy atom. The van der Waals surface area contributed by atoms with Crippen molar-refractivity contribution >= 4 is 5.91 Å². The highest BCUT2D eigenvalue weighted by molar-refractivity contribution is 5.79. The summed E-state index contributed by atoms with van der Waals surface area (Å²) in [6.45, 7) is 4.44. The fraction of sp³-hybridized carbons (Fsp3) is 0.533. The Bertz CT molecular complexity index is 512. The van der Waals surface area contributed by atoms with Crippen molar-refractivity contribution in [2.45, 2.75) is 44.4 Å². The van der Waals surface area contributed by atoms with Gasteiger partial charge in [0.1, 0.15) is 17.5 Å². The van der Waals surface area contributed by atoms with Gasteiger partial charge in [-0.15, -0.1) is 0 Å². The first kappa shape index (κ1) is 12.5. The zero-order valence-electron chi connectivity index (χ0n) is 11.3. The first-order valence-corrected chi connectivity index (χ1v) is 6.76. The minimum absolute atomic E-state index is 0.122. The van der Waals surface area contributed by atoms with Gasteiger partial charge in [-0.3, -0.25) is 4.79 Å². The third-order valence-electron chi connectivity index (χ3n) is 4.07. The lowest BCUT2D eigenvalue weighted by Gasteiger charge is -2.45. The number of para-hydroxylation sites is 1. The molecule has 1 saturated heterocycles. The molecule has 0 aromatic heterocycles. The van der Waals surface area contributed by atoms with E-state index in [0.29, 0.717) is 13.0 Å². The third kappa shape index (κ3) is 1.91. The van der Waals surface area contributed by atoms with Gasteiger partial charge >= 0.3 is 0 Å². The summed E-state index contributed by atoms with van der Waals surface area (Å²) in [7, 11) is 0. The number of benzene rings is 1. The topological polar surface area (TPSA) is 49.8 Å². The Balaban J connectivity index is 2.08. The van der Waals surface area contributed by atoms with Crippen LogP contribution in [0.3, 0.4) is 0 Å². The van der Waals surface area contributed by atoms with Gasteiger partial charge in [0, 0.05) is 18.5 Å². The molecular formula is C15H19NO3. The quantitative estimate of drug-likeness (QED) is 0.839. The minimum atomic E-state index is -0.718. The molecule has 4 heteroatoms. The SMILES string of the molecule is CC1(C)Oc2ccccc2C(N2CCCC2=O)C1O. The molecule has 2 aliphatic rings. The minimum Gasteiger partial charge on any atom is -0.485 e. The number of rotatable bonds is 1. The van der Waals surface area contributed by atoms with E-state index >= 15 is 0 Å². The van der Waals surface area contributed by atoms with E-state index < -0.39 is 11.7 Å². The highest BCUT2D eigenvalue weighted by Crippen LogP contribution is 2.43. The fourth-order valence-electron chi connectivity index (χ4n) is 3.01. The molecule has 0 spiro atoms. The zero-order valence-corrected chi connectivity index (χ0v) is 11.3. The van der Waals surface area contributed by atoms with E-state index in [1.54, 1.807) is 4.90 Å². The molecule has 1 aromatic carbocycles. The van der Waals surface area contributed by atoms with Crippen molar-refractivity contribution in [3.8, 4) is 5.75 Å². The molecule has 3 rings (SSSR count). The van der Waals surface area contributed by atoms with Crippen LogP contribution in [0, 0.1) is 0 Å². The molecule has 102 valence electrons. The molecule has 2 heterocycles. The van der Waals surface area contributed by atoms with Crippen LogP contribution in [0.4, 0.5) is 0 Å². The Labute approximate surface area is 113 Å². The normalized spacial score (nSPS) is 29.0. The summed E-state index contributed by atoms with van der Waals surface area (Å²) in [5, 5.41) is 10.6. The van der Waals surface area contributed by atoms with Gasteiger partial charge in [0.15, 0.2) is 0 Å². The fourth-order valence-corrected chi connectivity index (χ4v) is 3.01. The average molecular weight is 261 g/mol. The van der Waals surface area contributed by atoms with Crippen molar-refractivity contribution in [3.05, 3.63) is 29.8 Å². The van der Waals surface area contributed by atoms with Crippen LogP contribution in [0.5, 0.6) is 5.75 Å². The molecule has 2 unspecified atom stereocenters. The zero-order chi connectivity index (χ0) is 13.6. The highest BCUT2D eigenvalue weighted by atomic mass is 16.5. The van der Waals surface area contributed by atoms with Gasteiger partial charge < -0.3 is 14.7 Å². The number of aliphatic hydroxyl groups excluding tert-OH is 1. The maximum absolute atomic E-state index is 12.0. The molecule has 1 N–H and O–H groups in total. The van der Waals surface area contributed by atoms with E-state index in [0.717, 1.165) is 17.7 Å². The highest BCUT2D eigenvalue weighted by Gasteiger charge is 2.47. The number of hydrogen-bond donors (Lipinski definition) is 1. The summed E-state index contributed by atoms with van der Waals surface area (Å²) in [4.78, 5) is 13.8. The van der Waals surface area contributed by atoms with Gasteiger partial charge in [-0.25, -0.2) is 0 Å². The van der Waals surface area contributed by atoms with E-state index in [1.165, 1.54) is 0 Å². The van der Waals surface area contributed by atoms with Crippen molar-refractivity contribution < 1.29 is 14.6 Å². The van der Waals surface area contributed by atoms with Gasteiger partial charge in [0.2, 0.25) is 5.91 Å². The maximum atomic E-state index is 12.0. The second kappa shape index (κ2) is 4.23. The first-order valence-electron chi connectivity index (χ1n) is 6.76. The van der Waals surface area contributed by atoms with Crippen molar-refractivity contribution in [1.29, 1.82) is 0 Å². The van der Waals surface area contributed by atoms with Gasteiger partial charge in [0.05, 0.1) is 6.04 Å². The molecule has 2 atom stereocenters. The predicted molar refractivity (Wildman–Crippen MR) is 70.8 cm³/mol. The summed E-state index contributed by atoms with van der Waals surface area (Å²) in [5.74, 6) is 0.888. The number of nitrogens with zero attached hydrogens (tertiary/aromatic N) is 1. The van der Waals surface area contributed by atoms with Crippen LogP contribution >= 0.6 is 0 Å². The molecule has 1 fully saturated rings. The van der Waals surface area contributed by atoms with Gasteiger partial charge in [-0.05, 0) is 26.3 Å². The summed E-state index contributed by atoms with van der Waals surface area (Å²) in [5.41, 5.74) is 0.214. The van der Waals surface area contributed by atoms with E-state index in [2.05, 4.69) is 0 Å². The van der Waals surface area contributed by atoms with Crippen molar-refractivity contribution in [2.75, 3.05) is 6.54 Å². The smallest absolute Gasteiger partial charge is 0.223 e. The second-order valence-corrected chi connectivity index (χ2v) is 5.82. The van der Waals surface area contributed by atoms with Crippen LogP contribution in [0.1, 0.15) is 38.3 Å². The molecule has 4 nitrogen and oxygen atoms in total. The molecule has 0 saturated carbocycles. The summed E-state index contributed by atoms with van der Waals surface area (Å²) in [6.07, 6.45) is 0.725. The van der Waals surface area contributed by atoms with Crippen molar-refractivity contribution in [1.82, 2.24) is 4.90 Å². The lowest BCUT2D eigenvalue weighted by molar-refractivity contribution is -0.139. The Hall–Kier alpha value is -1.55. The Morgan fingerprint density at radius 2 is 2.11 bits per heavy atom. The van der Waals surface area contributed by atoms with E-state index in [-0.39, 0.29) is 11.9 Å². The number of carbonyl (C=O) groups is 1. The Morgan fingerprint density at radius 3 is 2.79 bits per heavy atom. The summed E-state index contributed by atoms with van der Waals surface area (Å²) < 4.78 is 5.87. The van der Waals surface area contributed by atoms with Crippen LogP contribution in [-0.4, -0.2) is 34.2 Å². The van der Waals surface area contributed by atoms with E-state index in [4.69, 9.17) is 4.74 Å². The van der Waals surface area contributed by atoms with Gasteiger partial charge in [0.25, 0.3) is 0 Å². The molecule has 1 aromatic rings. The third-order valence-corrected chi connectivity index (χ3v) is 4.07. The monoisotopic (exact) mass is 261 g/mol. The number of fused-ring (bicyclic) bond motifs is 1. The van der Waals surface area contributed by atoms with Crippen molar-refractivity contribution in [3.63, 3.8) is 0 Å². The van der Waals surface area contributed by atoms with Crippen LogP contribution in [0.15, 0.2) is 24.3 Å². The maximum Gasteiger partial charge on any atom is 0.223 e. The number of hydrogen-bond acceptors (Lipinski definition) is 3. The lowest BCUT2D eigenvalue weighted by atomic mass is 9.85. The first-order chi connectivity index (χ1) is 9.00. The molecule has 0 radical (unpaired) electrons. The molecule has 0 bridgehead atoms. The van der Waals surface area contributed by atoms with E-state index in [9.17, 15) is 9.90 Å². The molecule has 19 heavy (non-hydrogen) atoms. The van der Waals surface area contributed by atoms with Crippen LogP contribution in [-0.2, 0) is 4.79 Å². The van der Waals surface area contributed by atoms with Crippen molar-refractivity contribution in [2.24, 2.45) is 0 Å². The lowest BCUT2D eigenvalue weighted by Crippen LogP contribution is -2.53. The second-order valence-electron chi connectivity index (χ2n) is 5.82. The number of likely N-dealkylation sites (tertiary alicyclic amines) is 1. The largest absolute Gasteiger partial charge is 0.485 e. The van der Waals surface area contributed by atoms with Crippen LogP contribution in [0.2, 0.25) is 0 Å². The average Bonchev–Trinajstić information content (AvgIpc) is 2.77. The molecule has 1 amide bonds. The summed E-state index contributed by atoms with van der Waals surface area (Å²) in [6, 6.07) is 7.37. The van der Waals surface area contributed by atoms with Gasteiger partial charge in [-0.1, -0.05) is 18.2 Å². The van der Waals surface area contributed by atoms with E-state index in [1.807, 2.05) is 38.1 Å². The molecular weight excluding hydrogens is 242 g/mol. The number of amides is 1. The predicted octanol–water partition coefficient (Wildman–Crippen LogP) is 1.88. The number of ether oxygens (including phenoxy) is 1. The molecule has 2 aliphatic heterocycles. The van der Waals surface area contributed by atoms with Crippen LogP contribution in [0.25, 0.3) is 0 Å². The van der Waals surface area contributed by atoms with Gasteiger partial charge in [-0.2, -0.15) is 0 Å².